The van der Waals surface area contributed by atoms with Crippen molar-refractivity contribution in [2.24, 2.45) is 0 Å². The van der Waals surface area contributed by atoms with Gasteiger partial charge in [-0.2, -0.15) is 4.31 Å². The van der Waals surface area contributed by atoms with Crippen molar-refractivity contribution in [2.75, 3.05) is 27.4 Å². The quantitative estimate of drug-likeness (QED) is 0.480. The zero-order valence-electron chi connectivity index (χ0n) is 16.1. The van der Waals surface area contributed by atoms with Gasteiger partial charge in [0.1, 0.15) is 18.1 Å². The monoisotopic (exact) mass is 505 g/mol. The number of hydrogen-bond acceptors (Lipinski definition) is 6. The van der Waals surface area contributed by atoms with E-state index in [2.05, 4.69) is 15.9 Å². The molecule has 10 heteroatoms. The molecule has 29 heavy (non-hydrogen) atoms. The lowest BCUT2D eigenvalue weighted by Crippen LogP contribution is -2.34. The van der Waals surface area contributed by atoms with Gasteiger partial charge in [-0.1, -0.05) is 17.7 Å². The van der Waals surface area contributed by atoms with E-state index in [-0.39, 0.29) is 29.6 Å². The van der Waals surface area contributed by atoms with Crippen LogP contribution in [0, 0.1) is 0 Å². The molecule has 0 saturated heterocycles. The van der Waals surface area contributed by atoms with Crippen molar-refractivity contribution >= 4 is 43.5 Å². The molecule has 0 amide bonds. The number of sulfonamides is 1. The average molecular weight is 507 g/mol. The van der Waals surface area contributed by atoms with Crippen LogP contribution in [0.1, 0.15) is 12.5 Å². The van der Waals surface area contributed by atoms with Gasteiger partial charge in [0.25, 0.3) is 0 Å². The molecule has 158 valence electrons. The fourth-order valence-corrected chi connectivity index (χ4v) is 4.46. The van der Waals surface area contributed by atoms with E-state index >= 15 is 0 Å². The highest BCUT2D eigenvalue weighted by atomic mass is 79.9. The first-order chi connectivity index (χ1) is 13.7. The molecule has 0 radical (unpaired) electrons. The summed E-state index contributed by atoms with van der Waals surface area (Å²) in [6.45, 7) is 1.15. The molecular formula is C19H21BrClNO6S. The van der Waals surface area contributed by atoms with Crippen molar-refractivity contribution in [2.45, 2.75) is 18.4 Å². The van der Waals surface area contributed by atoms with Gasteiger partial charge in [-0.25, -0.2) is 8.42 Å². The maximum Gasteiger partial charge on any atom is 0.302 e. The molecule has 0 spiro atoms. The highest BCUT2D eigenvalue weighted by Gasteiger charge is 2.26. The van der Waals surface area contributed by atoms with Gasteiger partial charge in [0.15, 0.2) is 0 Å². The molecule has 0 unspecified atom stereocenters. The van der Waals surface area contributed by atoms with Crippen molar-refractivity contribution in [1.82, 2.24) is 4.31 Å². The number of carbonyl (C=O) groups is 1. The Morgan fingerprint density at radius 3 is 2.45 bits per heavy atom. The first-order valence-electron chi connectivity index (χ1n) is 8.48. The Morgan fingerprint density at radius 1 is 1.14 bits per heavy atom. The van der Waals surface area contributed by atoms with Gasteiger partial charge in [-0.3, -0.25) is 4.79 Å². The molecule has 2 aromatic carbocycles. The van der Waals surface area contributed by atoms with Crippen LogP contribution < -0.4 is 9.47 Å². The number of methoxy groups -OCH3 is 2. The highest BCUT2D eigenvalue weighted by Crippen LogP contribution is 2.30. The Hall–Kier alpha value is -1.81. The second-order valence-electron chi connectivity index (χ2n) is 5.93. The summed E-state index contributed by atoms with van der Waals surface area (Å²) in [5, 5.41) is 0.271. The predicted molar refractivity (Wildman–Crippen MR) is 113 cm³/mol. The fourth-order valence-electron chi connectivity index (χ4n) is 2.53. The van der Waals surface area contributed by atoms with E-state index in [4.69, 9.17) is 25.8 Å². The van der Waals surface area contributed by atoms with Crippen LogP contribution in [0.4, 0.5) is 0 Å². The van der Waals surface area contributed by atoms with Gasteiger partial charge < -0.3 is 14.2 Å². The van der Waals surface area contributed by atoms with Crippen LogP contribution in [0.25, 0.3) is 0 Å². The van der Waals surface area contributed by atoms with Gasteiger partial charge in [-0.05, 0) is 40.2 Å². The van der Waals surface area contributed by atoms with E-state index in [0.29, 0.717) is 21.5 Å². The summed E-state index contributed by atoms with van der Waals surface area (Å²) in [6.07, 6.45) is 0. The zero-order chi connectivity index (χ0) is 21.6. The summed E-state index contributed by atoms with van der Waals surface area (Å²) in [7, 11) is -0.907. The third kappa shape index (κ3) is 6.08. The molecule has 0 bridgehead atoms. The smallest absolute Gasteiger partial charge is 0.302 e. The molecular weight excluding hydrogens is 486 g/mol. The summed E-state index contributed by atoms with van der Waals surface area (Å²) in [6, 6.07) is 9.49. The molecule has 0 N–H and O–H groups in total. The van der Waals surface area contributed by atoms with Crippen LogP contribution in [0.3, 0.4) is 0 Å². The second kappa shape index (κ2) is 10.3. The van der Waals surface area contributed by atoms with Crippen LogP contribution in [0.2, 0.25) is 5.02 Å². The highest BCUT2D eigenvalue weighted by molar-refractivity contribution is 9.10. The molecule has 0 atom stereocenters. The Labute approximate surface area is 183 Å². The minimum atomic E-state index is -3.93. The molecule has 0 aromatic heterocycles. The van der Waals surface area contributed by atoms with Gasteiger partial charge >= 0.3 is 5.97 Å². The maximum atomic E-state index is 13.2. The minimum Gasteiger partial charge on any atom is -0.497 e. The largest absolute Gasteiger partial charge is 0.497 e. The number of esters is 1. The number of hydrogen-bond donors (Lipinski definition) is 0. The summed E-state index contributed by atoms with van der Waals surface area (Å²) in [5.41, 5.74) is 0.628. The predicted octanol–water partition coefficient (Wildman–Crippen LogP) is 3.87. The summed E-state index contributed by atoms with van der Waals surface area (Å²) < 4.78 is 43.8. The van der Waals surface area contributed by atoms with E-state index in [1.54, 1.807) is 24.3 Å². The normalized spacial score (nSPS) is 11.4. The number of rotatable bonds is 9. The topological polar surface area (TPSA) is 82.1 Å². The third-order valence-corrected chi connectivity index (χ3v) is 7.09. The lowest BCUT2D eigenvalue weighted by Gasteiger charge is -2.23. The molecule has 0 fully saturated rings. The first-order valence-corrected chi connectivity index (χ1v) is 11.1. The van der Waals surface area contributed by atoms with Crippen molar-refractivity contribution in [1.29, 1.82) is 0 Å². The molecule has 2 rings (SSSR count). The summed E-state index contributed by atoms with van der Waals surface area (Å²) >= 11 is 9.33. The number of ether oxygens (including phenoxy) is 3. The van der Waals surface area contributed by atoms with Gasteiger partial charge in [0.2, 0.25) is 10.0 Å². The van der Waals surface area contributed by atoms with Crippen LogP contribution >= 0.6 is 27.5 Å². The van der Waals surface area contributed by atoms with E-state index in [1.165, 1.54) is 37.6 Å². The van der Waals surface area contributed by atoms with Crippen LogP contribution in [0.5, 0.6) is 11.5 Å². The third-order valence-electron chi connectivity index (χ3n) is 4.02. The minimum absolute atomic E-state index is 0.00441. The summed E-state index contributed by atoms with van der Waals surface area (Å²) in [5.74, 6) is 0.571. The van der Waals surface area contributed by atoms with Crippen molar-refractivity contribution in [3.63, 3.8) is 0 Å². The molecule has 0 heterocycles. The maximum absolute atomic E-state index is 13.2. The molecule has 0 aliphatic rings. The van der Waals surface area contributed by atoms with Crippen LogP contribution in [-0.4, -0.2) is 46.1 Å². The van der Waals surface area contributed by atoms with E-state index in [9.17, 15) is 13.2 Å². The molecule has 0 aliphatic heterocycles. The van der Waals surface area contributed by atoms with Crippen LogP contribution in [0.15, 0.2) is 45.8 Å². The van der Waals surface area contributed by atoms with E-state index in [0.717, 1.165) is 0 Å². The van der Waals surface area contributed by atoms with E-state index < -0.39 is 16.0 Å². The Kier molecular flexibility index (Phi) is 8.33. The zero-order valence-corrected chi connectivity index (χ0v) is 19.3. The summed E-state index contributed by atoms with van der Waals surface area (Å²) in [4.78, 5) is 11.1. The number of benzene rings is 2. The Bertz CT molecular complexity index is 983. The van der Waals surface area contributed by atoms with Gasteiger partial charge in [0.05, 0.1) is 24.1 Å². The molecule has 7 nitrogen and oxygen atoms in total. The lowest BCUT2D eigenvalue weighted by atomic mass is 10.2. The number of nitrogens with zero attached hydrogens (tertiary/aromatic N) is 1. The first kappa shape index (κ1) is 23.5. The SMILES string of the molecule is COc1ccc(CN(CCOC(C)=O)S(=O)(=O)c2ccc(Br)c(Cl)c2)c(OC)c1. The molecule has 2 aromatic rings. The Balaban J connectivity index is 2.40. The fraction of sp³-hybridized carbons (Fsp3) is 0.316. The number of carbonyl (C=O) groups excluding carboxylic acids is 1. The van der Waals surface area contributed by atoms with Crippen molar-refractivity contribution < 1.29 is 27.4 Å². The van der Waals surface area contributed by atoms with Gasteiger partial charge in [-0.15, -0.1) is 0 Å². The second-order valence-corrected chi connectivity index (χ2v) is 9.13. The van der Waals surface area contributed by atoms with E-state index in [1.807, 2.05) is 0 Å². The Morgan fingerprint density at radius 2 is 1.86 bits per heavy atom. The number of halogens is 2. The van der Waals surface area contributed by atoms with Crippen molar-refractivity contribution in [3.05, 3.63) is 51.5 Å². The molecule has 0 aliphatic carbocycles. The van der Waals surface area contributed by atoms with Crippen LogP contribution in [-0.2, 0) is 26.1 Å². The van der Waals surface area contributed by atoms with Crippen molar-refractivity contribution in [3.8, 4) is 11.5 Å². The standard InChI is InChI=1S/C19H21BrClNO6S/c1-13(23)28-9-8-22(12-14-4-5-15(26-2)10-19(14)27-3)29(24,25)16-6-7-17(20)18(21)11-16/h4-7,10-11H,8-9,12H2,1-3H3. The van der Waals surface area contributed by atoms with Gasteiger partial charge in [0, 0.05) is 36.1 Å². The average Bonchev–Trinajstić information content (AvgIpc) is 2.68. The molecule has 0 saturated carbocycles. The lowest BCUT2D eigenvalue weighted by molar-refractivity contribution is -0.141.